The third-order valence-electron chi connectivity index (χ3n) is 3.31. The lowest BCUT2D eigenvalue weighted by atomic mass is 10.1. The van der Waals surface area contributed by atoms with Gasteiger partial charge in [0, 0.05) is 23.8 Å². The number of alkyl halides is 1. The fourth-order valence-corrected chi connectivity index (χ4v) is 3.47. The van der Waals surface area contributed by atoms with Gasteiger partial charge in [-0.1, -0.05) is 6.92 Å². The van der Waals surface area contributed by atoms with Crippen LogP contribution in [-0.2, 0) is 6.42 Å². The van der Waals surface area contributed by atoms with Crippen molar-refractivity contribution in [3.05, 3.63) is 21.9 Å². The molecule has 0 N–H and O–H groups in total. The fourth-order valence-electron chi connectivity index (χ4n) is 2.25. The van der Waals surface area contributed by atoms with Crippen molar-refractivity contribution >= 4 is 28.8 Å². The van der Waals surface area contributed by atoms with Crippen LogP contribution in [0, 0.1) is 5.92 Å². The smallest absolute Gasteiger partial charge is 0.263 e. The summed E-state index contributed by atoms with van der Waals surface area (Å²) in [4.78, 5) is 16.4. The van der Waals surface area contributed by atoms with Crippen LogP contribution in [0.4, 0.5) is 0 Å². The summed E-state index contributed by atoms with van der Waals surface area (Å²) in [7, 11) is 0. The Bertz CT molecular complexity index is 391. The number of nitrogens with zero attached hydrogens (tertiary/aromatic N) is 1. The maximum atomic E-state index is 12.2. The van der Waals surface area contributed by atoms with Crippen LogP contribution in [0.15, 0.2) is 12.1 Å². The number of amides is 1. The first kappa shape index (κ1) is 12.9. The van der Waals surface area contributed by atoms with Gasteiger partial charge in [-0.3, -0.25) is 4.79 Å². The normalized spacial score (nSPS) is 19.9. The minimum atomic E-state index is 0.201. The second-order valence-electron chi connectivity index (χ2n) is 4.50. The van der Waals surface area contributed by atoms with E-state index in [-0.39, 0.29) is 5.91 Å². The zero-order valence-electron chi connectivity index (χ0n) is 10.1. The zero-order valence-corrected chi connectivity index (χ0v) is 11.7. The van der Waals surface area contributed by atoms with Gasteiger partial charge in [-0.15, -0.1) is 22.9 Å². The molecule has 1 aromatic rings. The van der Waals surface area contributed by atoms with E-state index in [0.29, 0.717) is 11.8 Å². The van der Waals surface area contributed by atoms with Gasteiger partial charge < -0.3 is 4.90 Å². The molecule has 2 rings (SSSR count). The van der Waals surface area contributed by atoms with Crippen LogP contribution >= 0.6 is 22.9 Å². The average molecular weight is 272 g/mol. The first-order valence-corrected chi connectivity index (χ1v) is 7.53. The van der Waals surface area contributed by atoms with Crippen molar-refractivity contribution in [2.45, 2.75) is 26.2 Å². The van der Waals surface area contributed by atoms with Crippen molar-refractivity contribution in [3.8, 4) is 0 Å². The van der Waals surface area contributed by atoms with Crippen molar-refractivity contribution < 1.29 is 4.79 Å². The zero-order chi connectivity index (χ0) is 12.3. The Balaban J connectivity index is 1.96. The summed E-state index contributed by atoms with van der Waals surface area (Å²) in [5.74, 6) is 1.50. The van der Waals surface area contributed by atoms with Crippen molar-refractivity contribution in [2.75, 3.05) is 19.0 Å². The molecule has 0 aliphatic carbocycles. The SMILES string of the molecule is CCc1ccc(C(=O)N2CCC(CCCl)C2)s1. The van der Waals surface area contributed by atoms with Crippen LogP contribution in [0.3, 0.4) is 0 Å². The van der Waals surface area contributed by atoms with Gasteiger partial charge in [-0.05, 0) is 37.3 Å². The second kappa shape index (κ2) is 5.87. The highest BCUT2D eigenvalue weighted by atomic mass is 35.5. The van der Waals surface area contributed by atoms with Crippen LogP contribution in [0.5, 0.6) is 0 Å². The van der Waals surface area contributed by atoms with Crippen LogP contribution < -0.4 is 0 Å². The van der Waals surface area contributed by atoms with Gasteiger partial charge in [0.25, 0.3) is 5.91 Å². The number of carbonyl (C=O) groups is 1. The first-order valence-electron chi connectivity index (χ1n) is 6.18. The quantitative estimate of drug-likeness (QED) is 0.769. The van der Waals surface area contributed by atoms with Crippen molar-refractivity contribution in [1.82, 2.24) is 4.90 Å². The molecule has 1 unspecified atom stereocenters. The Hall–Kier alpha value is -0.540. The molecule has 0 spiro atoms. The molecule has 17 heavy (non-hydrogen) atoms. The summed E-state index contributed by atoms with van der Waals surface area (Å²) in [6, 6.07) is 4.02. The molecule has 0 radical (unpaired) electrons. The average Bonchev–Trinajstić information content (AvgIpc) is 2.97. The molecule has 94 valence electrons. The highest BCUT2D eigenvalue weighted by Gasteiger charge is 2.27. The molecular formula is C13H18ClNOS. The van der Waals surface area contributed by atoms with E-state index < -0.39 is 0 Å². The number of hydrogen-bond acceptors (Lipinski definition) is 2. The number of halogens is 1. The molecule has 1 atom stereocenters. The van der Waals surface area contributed by atoms with E-state index in [1.165, 1.54) is 4.88 Å². The molecule has 0 bridgehead atoms. The molecule has 0 aromatic carbocycles. The molecule has 2 heterocycles. The van der Waals surface area contributed by atoms with E-state index >= 15 is 0 Å². The highest BCUT2D eigenvalue weighted by Crippen LogP contribution is 2.24. The standard InChI is InChI=1S/C13H18ClNOS/c1-2-11-3-4-12(17-11)13(16)15-8-6-10(9-15)5-7-14/h3-4,10H,2,5-9H2,1H3. The molecule has 1 amide bonds. The molecular weight excluding hydrogens is 254 g/mol. The summed E-state index contributed by atoms with van der Waals surface area (Å²) in [6.45, 7) is 3.89. The minimum absolute atomic E-state index is 0.201. The number of hydrogen-bond donors (Lipinski definition) is 0. The number of thiophene rings is 1. The monoisotopic (exact) mass is 271 g/mol. The van der Waals surface area contributed by atoms with Crippen molar-refractivity contribution in [1.29, 1.82) is 0 Å². The number of aryl methyl sites for hydroxylation is 1. The lowest BCUT2D eigenvalue weighted by Crippen LogP contribution is -2.28. The van der Waals surface area contributed by atoms with Gasteiger partial charge in [0.15, 0.2) is 0 Å². The molecule has 1 saturated heterocycles. The van der Waals surface area contributed by atoms with E-state index in [1.54, 1.807) is 11.3 Å². The number of rotatable bonds is 4. The molecule has 1 fully saturated rings. The van der Waals surface area contributed by atoms with Crippen LogP contribution in [0.1, 0.15) is 34.3 Å². The predicted octanol–water partition coefficient (Wildman–Crippen LogP) is 3.40. The topological polar surface area (TPSA) is 20.3 Å². The van der Waals surface area contributed by atoms with Gasteiger partial charge in [-0.25, -0.2) is 0 Å². The lowest BCUT2D eigenvalue weighted by molar-refractivity contribution is 0.0791. The Morgan fingerprint density at radius 1 is 1.59 bits per heavy atom. The Morgan fingerprint density at radius 3 is 3.06 bits per heavy atom. The summed E-state index contributed by atoms with van der Waals surface area (Å²) < 4.78 is 0. The van der Waals surface area contributed by atoms with Gasteiger partial charge >= 0.3 is 0 Å². The summed E-state index contributed by atoms with van der Waals surface area (Å²) >= 11 is 7.37. The van der Waals surface area contributed by atoms with E-state index in [1.807, 2.05) is 11.0 Å². The van der Waals surface area contributed by atoms with E-state index in [4.69, 9.17) is 11.6 Å². The van der Waals surface area contributed by atoms with E-state index in [9.17, 15) is 4.79 Å². The third kappa shape index (κ3) is 3.02. The maximum absolute atomic E-state index is 12.2. The maximum Gasteiger partial charge on any atom is 0.263 e. The summed E-state index contributed by atoms with van der Waals surface area (Å²) in [5.41, 5.74) is 0. The van der Waals surface area contributed by atoms with Crippen LogP contribution in [0.25, 0.3) is 0 Å². The third-order valence-corrected chi connectivity index (χ3v) is 4.75. The minimum Gasteiger partial charge on any atom is -0.338 e. The largest absolute Gasteiger partial charge is 0.338 e. The molecule has 1 aliphatic heterocycles. The molecule has 4 heteroatoms. The van der Waals surface area contributed by atoms with Crippen LogP contribution in [0.2, 0.25) is 0 Å². The number of carbonyl (C=O) groups excluding carboxylic acids is 1. The second-order valence-corrected chi connectivity index (χ2v) is 6.05. The van der Waals surface area contributed by atoms with Gasteiger partial charge in [0.05, 0.1) is 4.88 Å². The Kier molecular flexibility index (Phi) is 4.46. The fraction of sp³-hybridized carbons (Fsp3) is 0.615. The van der Waals surface area contributed by atoms with Crippen LogP contribution in [-0.4, -0.2) is 29.8 Å². The molecule has 1 aromatic heterocycles. The molecule has 2 nitrogen and oxygen atoms in total. The van der Waals surface area contributed by atoms with Gasteiger partial charge in [-0.2, -0.15) is 0 Å². The van der Waals surface area contributed by atoms with Crippen molar-refractivity contribution in [3.63, 3.8) is 0 Å². The predicted molar refractivity (Wildman–Crippen MR) is 73.0 cm³/mol. The van der Waals surface area contributed by atoms with E-state index in [0.717, 1.165) is 37.2 Å². The van der Waals surface area contributed by atoms with Gasteiger partial charge in [0.2, 0.25) is 0 Å². The number of likely N-dealkylation sites (tertiary alicyclic amines) is 1. The summed E-state index contributed by atoms with van der Waals surface area (Å²) in [5, 5.41) is 0. The van der Waals surface area contributed by atoms with E-state index in [2.05, 4.69) is 13.0 Å². The Morgan fingerprint density at radius 2 is 2.41 bits per heavy atom. The molecule has 0 saturated carbocycles. The summed E-state index contributed by atoms with van der Waals surface area (Å²) in [6.07, 6.45) is 3.13. The van der Waals surface area contributed by atoms with Gasteiger partial charge in [0.1, 0.15) is 0 Å². The first-order chi connectivity index (χ1) is 8.24. The molecule has 1 aliphatic rings. The lowest BCUT2D eigenvalue weighted by Gasteiger charge is -2.15. The van der Waals surface area contributed by atoms with Crippen molar-refractivity contribution in [2.24, 2.45) is 5.92 Å². The highest BCUT2D eigenvalue weighted by molar-refractivity contribution is 7.14. The Labute approximate surface area is 112 Å².